The molecule has 1 saturated heterocycles. The van der Waals surface area contributed by atoms with Crippen LogP contribution < -0.4 is 10.9 Å². The molecule has 3 heterocycles. The van der Waals surface area contributed by atoms with Gasteiger partial charge >= 0.3 is 6.18 Å². The van der Waals surface area contributed by atoms with Crippen molar-refractivity contribution in [2.24, 2.45) is 0 Å². The van der Waals surface area contributed by atoms with Crippen molar-refractivity contribution in [3.8, 4) is 11.1 Å². The van der Waals surface area contributed by atoms with Crippen LogP contribution in [-0.4, -0.2) is 34.5 Å². The van der Waals surface area contributed by atoms with E-state index in [2.05, 4.69) is 10.3 Å². The van der Waals surface area contributed by atoms with Gasteiger partial charge in [-0.25, -0.2) is 9.37 Å². The molecule has 6 nitrogen and oxygen atoms in total. The number of carbonyl (C=O) groups excluding carboxylic acids is 1. The smallest absolute Gasteiger partial charge is 0.381 e. The molecule has 10 heteroatoms. The molecule has 1 aliphatic heterocycles. The summed E-state index contributed by atoms with van der Waals surface area (Å²) in [7, 11) is 0. The van der Waals surface area contributed by atoms with Gasteiger partial charge in [-0.2, -0.15) is 13.2 Å². The number of fused-ring (bicyclic) bond motifs is 1. The summed E-state index contributed by atoms with van der Waals surface area (Å²) in [4.78, 5) is 28.6. The second-order valence-corrected chi connectivity index (χ2v) is 7.56. The highest BCUT2D eigenvalue weighted by molar-refractivity contribution is 5.95. The van der Waals surface area contributed by atoms with E-state index in [9.17, 15) is 27.2 Å². The summed E-state index contributed by atoms with van der Waals surface area (Å²) < 4.78 is 61.1. The third-order valence-corrected chi connectivity index (χ3v) is 5.43. The molecule has 3 aromatic rings. The lowest BCUT2D eigenvalue weighted by atomic mass is 10.0. The van der Waals surface area contributed by atoms with E-state index in [0.717, 1.165) is 17.4 Å². The SMILES string of the molecule is Cc1c(C(F)(F)F)nc2c(-c3ccc(C(=O)NC4CCOCC4)c(F)c3)cccn2c1=O. The van der Waals surface area contributed by atoms with Crippen LogP contribution in [0.15, 0.2) is 41.3 Å². The fourth-order valence-corrected chi connectivity index (χ4v) is 3.72. The quantitative estimate of drug-likeness (QED) is 0.619. The van der Waals surface area contributed by atoms with Crippen LogP contribution in [0, 0.1) is 12.7 Å². The van der Waals surface area contributed by atoms with Crippen molar-refractivity contribution in [3.63, 3.8) is 0 Å². The molecule has 0 bridgehead atoms. The molecule has 1 amide bonds. The fourth-order valence-electron chi connectivity index (χ4n) is 3.72. The highest BCUT2D eigenvalue weighted by atomic mass is 19.4. The number of benzene rings is 1. The van der Waals surface area contributed by atoms with Crippen molar-refractivity contribution < 1.29 is 27.1 Å². The van der Waals surface area contributed by atoms with Crippen LogP contribution in [-0.2, 0) is 10.9 Å². The normalized spacial score (nSPS) is 15.2. The van der Waals surface area contributed by atoms with Crippen molar-refractivity contribution in [1.29, 1.82) is 0 Å². The lowest BCUT2D eigenvalue weighted by molar-refractivity contribution is -0.141. The Hall–Kier alpha value is -3.27. The van der Waals surface area contributed by atoms with E-state index in [4.69, 9.17) is 4.74 Å². The molecule has 4 rings (SSSR count). The van der Waals surface area contributed by atoms with Gasteiger partial charge in [0.05, 0.1) is 5.56 Å². The molecule has 0 radical (unpaired) electrons. The Labute approximate surface area is 179 Å². The molecule has 0 aliphatic carbocycles. The number of aromatic nitrogens is 2. The van der Waals surface area contributed by atoms with Gasteiger partial charge in [-0.05, 0) is 49.6 Å². The average molecular weight is 449 g/mol. The molecule has 0 saturated carbocycles. The van der Waals surface area contributed by atoms with Gasteiger partial charge in [0, 0.05) is 36.6 Å². The third kappa shape index (κ3) is 4.10. The standard InChI is InChI=1S/C22H19F4N3O3/c1-12-18(22(24,25)26)28-19-15(3-2-8-29(19)21(12)31)13-4-5-16(17(23)11-13)20(30)27-14-6-9-32-10-7-14/h2-5,8,11,14H,6-7,9-10H2,1H3,(H,27,30). The number of carbonyl (C=O) groups is 1. The highest BCUT2D eigenvalue weighted by Crippen LogP contribution is 2.31. The van der Waals surface area contributed by atoms with Gasteiger partial charge < -0.3 is 10.1 Å². The van der Waals surface area contributed by atoms with Gasteiger partial charge in [-0.15, -0.1) is 0 Å². The van der Waals surface area contributed by atoms with E-state index >= 15 is 0 Å². The lowest BCUT2D eigenvalue weighted by Crippen LogP contribution is -2.39. The molecule has 0 atom stereocenters. The Morgan fingerprint density at radius 1 is 1.22 bits per heavy atom. The number of hydrogen-bond acceptors (Lipinski definition) is 4. The van der Waals surface area contributed by atoms with Crippen molar-refractivity contribution >= 4 is 11.6 Å². The zero-order valence-electron chi connectivity index (χ0n) is 17.0. The molecule has 0 unspecified atom stereocenters. The number of hydrogen-bond donors (Lipinski definition) is 1. The lowest BCUT2D eigenvalue weighted by Gasteiger charge is -2.23. The number of halogens is 4. The van der Waals surface area contributed by atoms with Crippen LogP contribution in [0.3, 0.4) is 0 Å². The molecule has 2 aromatic heterocycles. The first-order chi connectivity index (χ1) is 15.2. The summed E-state index contributed by atoms with van der Waals surface area (Å²) in [6.45, 7) is 2.08. The van der Waals surface area contributed by atoms with Crippen LogP contribution in [0.5, 0.6) is 0 Å². The minimum absolute atomic E-state index is 0.117. The molecule has 1 N–H and O–H groups in total. The van der Waals surface area contributed by atoms with Gasteiger partial charge in [0.1, 0.15) is 11.5 Å². The van der Waals surface area contributed by atoms with Crippen molar-refractivity contribution in [1.82, 2.24) is 14.7 Å². The van der Waals surface area contributed by atoms with Crippen LogP contribution in [0.4, 0.5) is 17.6 Å². The number of pyridine rings is 1. The molecule has 168 valence electrons. The first-order valence-electron chi connectivity index (χ1n) is 9.94. The van der Waals surface area contributed by atoms with E-state index in [0.29, 0.717) is 26.1 Å². The summed E-state index contributed by atoms with van der Waals surface area (Å²) in [5.74, 6) is -1.41. The van der Waals surface area contributed by atoms with Gasteiger partial charge in [0.15, 0.2) is 5.69 Å². The number of ether oxygens (including phenoxy) is 1. The summed E-state index contributed by atoms with van der Waals surface area (Å²) in [5, 5.41) is 2.76. The van der Waals surface area contributed by atoms with E-state index in [1.807, 2.05) is 0 Å². The molecular weight excluding hydrogens is 430 g/mol. The third-order valence-electron chi connectivity index (χ3n) is 5.43. The maximum Gasteiger partial charge on any atom is 0.433 e. The number of nitrogens with one attached hydrogen (secondary N) is 1. The largest absolute Gasteiger partial charge is 0.433 e. The Morgan fingerprint density at radius 3 is 2.59 bits per heavy atom. The van der Waals surface area contributed by atoms with Crippen molar-refractivity contribution in [3.05, 3.63) is 69.5 Å². The van der Waals surface area contributed by atoms with Crippen LogP contribution in [0.25, 0.3) is 16.8 Å². The average Bonchev–Trinajstić information content (AvgIpc) is 2.75. The first-order valence-corrected chi connectivity index (χ1v) is 9.94. The number of alkyl halides is 3. The van der Waals surface area contributed by atoms with Gasteiger partial charge in [-0.1, -0.05) is 6.07 Å². The maximum absolute atomic E-state index is 14.8. The zero-order valence-corrected chi connectivity index (χ0v) is 17.0. The maximum atomic E-state index is 14.8. The molecule has 32 heavy (non-hydrogen) atoms. The van der Waals surface area contributed by atoms with Crippen LogP contribution in [0.2, 0.25) is 0 Å². The summed E-state index contributed by atoms with van der Waals surface area (Å²) in [5.41, 5.74) is -2.80. The molecule has 1 aliphatic rings. The van der Waals surface area contributed by atoms with Gasteiger partial charge in [-0.3, -0.25) is 14.0 Å². The summed E-state index contributed by atoms with van der Waals surface area (Å²) in [6, 6.07) is 6.51. The number of rotatable bonds is 3. The number of nitrogens with zero attached hydrogens (tertiary/aromatic N) is 2. The van der Waals surface area contributed by atoms with Crippen molar-refractivity contribution in [2.45, 2.75) is 32.0 Å². The van der Waals surface area contributed by atoms with Crippen LogP contribution >= 0.6 is 0 Å². The van der Waals surface area contributed by atoms with E-state index < -0.39 is 34.7 Å². The molecule has 1 aromatic carbocycles. The Morgan fingerprint density at radius 2 is 1.94 bits per heavy atom. The second kappa shape index (κ2) is 8.34. The second-order valence-electron chi connectivity index (χ2n) is 7.56. The zero-order chi connectivity index (χ0) is 23.0. The Kier molecular flexibility index (Phi) is 5.72. The Balaban J connectivity index is 1.74. The van der Waals surface area contributed by atoms with E-state index in [1.165, 1.54) is 30.5 Å². The minimum atomic E-state index is -4.82. The monoisotopic (exact) mass is 449 g/mol. The minimum Gasteiger partial charge on any atom is -0.381 e. The summed E-state index contributed by atoms with van der Waals surface area (Å²) >= 11 is 0. The molecule has 1 fully saturated rings. The topological polar surface area (TPSA) is 72.7 Å². The first kappa shape index (κ1) is 21.9. The van der Waals surface area contributed by atoms with Crippen LogP contribution in [0.1, 0.15) is 34.5 Å². The molecule has 0 spiro atoms. The van der Waals surface area contributed by atoms with Gasteiger partial charge in [0.25, 0.3) is 11.5 Å². The Bertz CT molecular complexity index is 1250. The van der Waals surface area contributed by atoms with E-state index in [-0.39, 0.29) is 28.4 Å². The van der Waals surface area contributed by atoms with Gasteiger partial charge in [0.2, 0.25) is 0 Å². The summed E-state index contributed by atoms with van der Waals surface area (Å²) in [6.07, 6.45) is -2.26. The number of amides is 1. The molecular formula is C22H19F4N3O3. The van der Waals surface area contributed by atoms with Crippen molar-refractivity contribution in [2.75, 3.05) is 13.2 Å². The highest BCUT2D eigenvalue weighted by Gasteiger charge is 2.36. The predicted molar refractivity (Wildman–Crippen MR) is 108 cm³/mol. The van der Waals surface area contributed by atoms with E-state index in [1.54, 1.807) is 0 Å². The fraction of sp³-hybridized carbons (Fsp3) is 0.318. The predicted octanol–water partition coefficient (Wildman–Crippen LogP) is 3.74.